The predicted molar refractivity (Wildman–Crippen MR) is 104 cm³/mol. The Bertz CT molecular complexity index is 766. The van der Waals surface area contributed by atoms with Crippen LogP contribution in [0.15, 0.2) is 55.1 Å². The van der Waals surface area contributed by atoms with Crippen LogP contribution in [0.5, 0.6) is 5.75 Å². The summed E-state index contributed by atoms with van der Waals surface area (Å²) in [5.74, 6) is 0.897. The summed E-state index contributed by atoms with van der Waals surface area (Å²) in [7, 11) is 0. The lowest BCUT2D eigenvalue weighted by atomic mass is 9.78. The highest BCUT2D eigenvalue weighted by Gasteiger charge is 2.26. The molecule has 3 nitrogen and oxygen atoms in total. The third-order valence-electron chi connectivity index (χ3n) is 5.31. The van der Waals surface area contributed by atoms with Crippen molar-refractivity contribution in [2.45, 2.75) is 37.9 Å². The summed E-state index contributed by atoms with van der Waals surface area (Å²) in [5, 5.41) is 0. The molecule has 4 rings (SSSR count). The molecule has 0 radical (unpaired) electrons. The Morgan fingerprint density at radius 1 is 0.962 bits per heavy atom. The number of benzene rings is 2. The number of hydrogen-bond acceptors (Lipinski definition) is 3. The van der Waals surface area contributed by atoms with Crippen molar-refractivity contribution in [1.82, 2.24) is 0 Å². The largest absolute Gasteiger partial charge is 0.491 e. The van der Waals surface area contributed by atoms with Gasteiger partial charge < -0.3 is 14.2 Å². The maximum absolute atomic E-state index is 5.74. The van der Waals surface area contributed by atoms with E-state index in [0.29, 0.717) is 12.7 Å². The van der Waals surface area contributed by atoms with Crippen molar-refractivity contribution >= 4 is 5.57 Å². The zero-order valence-electron chi connectivity index (χ0n) is 15.5. The summed E-state index contributed by atoms with van der Waals surface area (Å²) in [6, 6.07) is 17.2. The topological polar surface area (TPSA) is 34.3 Å². The van der Waals surface area contributed by atoms with Crippen LogP contribution in [0.1, 0.15) is 37.0 Å². The summed E-state index contributed by atoms with van der Waals surface area (Å²) < 4.78 is 16.2. The van der Waals surface area contributed by atoms with Gasteiger partial charge in [-0.25, -0.2) is 0 Å². The van der Waals surface area contributed by atoms with Gasteiger partial charge in [-0.1, -0.05) is 56.8 Å². The Kier molecular flexibility index (Phi) is 4.60. The molecule has 0 N–H and O–H groups in total. The lowest BCUT2D eigenvalue weighted by Gasteiger charge is -2.26. The van der Waals surface area contributed by atoms with E-state index >= 15 is 0 Å². The highest BCUT2D eigenvalue weighted by atomic mass is 16.6. The molecule has 0 bridgehead atoms. The molecule has 0 aliphatic carbocycles. The van der Waals surface area contributed by atoms with Gasteiger partial charge in [0.05, 0.1) is 19.3 Å². The second-order valence-electron chi connectivity index (χ2n) is 7.76. The number of hydrogen-bond donors (Lipinski definition) is 0. The molecule has 136 valence electrons. The molecule has 2 aliphatic heterocycles. The molecule has 2 aromatic carbocycles. The predicted octanol–water partition coefficient (Wildman–Crippen LogP) is 4.59. The third kappa shape index (κ3) is 4.00. The Morgan fingerprint density at radius 3 is 2.04 bits per heavy atom. The fourth-order valence-corrected chi connectivity index (χ4v) is 3.19. The molecule has 2 atom stereocenters. The highest BCUT2D eigenvalue weighted by Crippen LogP contribution is 2.34. The first-order valence-electron chi connectivity index (χ1n) is 9.27. The van der Waals surface area contributed by atoms with Gasteiger partial charge in [-0.3, -0.25) is 0 Å². The van der Waals surface area contributed by atoms with Crippen LogP contribution in [0, 0.1) is 0 Å². The van der Waals surface area contributed by atoms with E-state index in [4.69, 9.17) is 14.2 Å². The van der Waals surface area contributed by atoms with Crippen molar-refractivity contribution in [3.63, 3.8) is 0 Å². The lowest BCUT2D eigenvalue weighted by molar-refractivity contribution is 0.263. The Hall–Kier alpha value is -2.10. The fourth-order valence-electron chi connectivity index (χ4n) is 3.19. The van der Waals surface area contributed by atoms with E-state index in [1.165, 1.54) is 16.7 Å². The molecule has 0 aromatic heterocycles. The molecule has 2 aromatic rings. The first-order chi connectivity index (χ1) is 12.5. The maximum atomic E-state index is 5.74. The number of epoxide rings is 2. The molecule has 26 heavy (non-hydrogen) atoms. The third-order valence-corrected chi connectivity index (χ3v) is 5.31. The van der Waals surface area contributed by atoms with Crippen molar-refractivity contribution < 1.29 is 14.2 Å². The standard InChI is InChI=1S/C23H26O3/c1-16(12-21-13-25-21)17-4-6-18(7-5-17)23(2,3)19-8-10-20(11-9-19)24-14-22-15-26-22/h4-11,21-22H,1,12-15H2,2-3H3. The molecular weight excluding hydrogens is 324 g/mol. The molecule has 2 aliphatic rings. The van der Waals surface area contributed by atoms with Gasteiger partial charge in [0, 0.05) is 11.8 Å². The minimum absolute atomic E-state index is 0.0718. The van der Waals surface area contributed by atoms with E-state index in [-0.39, 0.29) is 11.5 Å². The van der Waals surface area contributed by atoms with Crippen LogP contribution in [0.3, 0.4) is 0 Å². The summed E-state index contributed by atoms with van der Waals surface area (Å²) >= 11 is 0. The first-order valence-corrected chi connectivity index (χ1v) is 9.27. The molecule has 3 heteroatoms. The molecule has 0 spiro atoms. The Balaban J connectivity index is 1.44. The Morgan fingerprint density at radius 2 is 1.50 bits per heavy atom. The average Bonchev–Trinajstić information content (AvgIpc) is 3.56. The number of rotatable bonds is 8. The van der Waals surface area contributed by atoms with Crippen LogP contribution in [-0.2, 0) is 14.9 Å². The summed E-state index contributed by atoms with van der Waals surface area (Å²) in [4.78, 5) is 0. The Labute approximate surface area is 155 Å². The zero-order valence-corrected chi connectivity index (χ0v) is 15.5. The van der Waals surface area contributed by atoms with E-state index < -0.39 is 0 Å². The SMILES string of the molecule is C=C(CC1CO1)c1ccc(C(C)(C)c2ccc(OCC3CO3)cc2)cc1. The van der Waals surface area contributed by atoms with Gasteiger partial charge in [0.15, 0.2) is 0 Å². The van der Waals surface area contributed by atoms with Gasteiger partial charge in [-0.05, 0) is 34.4 Å². The van der Waals surface area contributed by atoms with Crippen LogP contribution in [0.25, 0.3) is 5.57 Å². The second kappa shape index (κ2) is 6.90. The molecular formula is C23H26O3. The number of ether oxygens (including phenoxy) is 3. The second-order valence-corrected chi connectivity index (χ2v) is 7.76. The van der Waals surface area contributed by atoms with Crippen molar-refractivity contribution in [2.24, 2.45) is 0 Å². The molecule has 0 saturated carbocycles. The molecule has 2 unspecified atom stereocenters. The summed E-state index contributed by atoms with van der Waals surface area (Å²) in [6.45, 7) is 11.0. The zero-order chi connectivity index (χ0) is 18.1. The van der Waals surface area contributed by atoms with Crippen LogP contribution in [0.4, 0.5) is 0 Å². The van der Waals surface area contributed by atoms with E-state index in [1.54, 1.807) is 0 Å². The smallest absolute Gasteiger partial charge is 0.119 e. The van der Waals surface area contributed by atoms with Crippen molar-refractivity contribution in [3.8, 4) is 5.75 Å². The van der Waals surface area contributed by atoms with Gasteiger partial charge >= 0.3 is 0 Å². The maximum Gasteiger partial charge on any atom is 0.119 e. The van der Waals surface area contributed by atoms with E-state index in [9.17, 15) is 0 Å². The van der Waals surface area contributed by atoms with Crippen molar-refractivity contribution in [2.75, 3.05) is 19.8 Å². The molecule has 0 amide bonds. The van der Waals surface area contributed by atoms with Crippen LogP contribution in [0.2, 0.25) is 0 Å². The molecule has 2 fully saturated rings. The van der Waals surface area contributed by atoms with Gasteiger partial charge in [0.25, 0.3) is 0 Å². The summed E-state index contributed by atoms with van der Waals surface area (Å²) in [5.41, 5.74) is 4.84. The highest BCUT2D eigenvalue weighted by molar-refractivity contribution is 5.64. The van der Waals surface area contributed by atoms with Gasteiger partial charge in [0.2, 0.25) is 0 Å². The quantitative estimate of drug-likeness (QED) is 0.653. The lowest BCUT2D eigenvalue weighted by Crippen LogP contribution is -2.18. The van der Waals surface area contributed by atoms with Crippen molar-refractivity contribution in [1.29, 1.82) is 0 Å². The van der Waals surface area contributed by atoms with Gasteiger partial charge in [-0.15, -0.1) is 0 Å². The normalized spacial score (nSPS) is 21.3. The first kappa shape index (κ1) is 17.3. The summed E-state index contributed by atoms with van der Waals surface area (Å²) in [6.07, 6.45) is 1.59. The van der Waals surface area contributed by atoms with Gasteiger partial charge in [-0.2, -0.15) is 0 Å². The van der Waals surface area contributed by atoms with Crippen LogP contribution in [-0.4, -0.2) is 32.0 Å². The van der Waals surface area contributed by atoms with Gasteiger partial charge in [0.1, 0.15) is 18.5 Å². The van der Waals surface area contributed by atoms with Crippen LogP contribution < -0.4 is 4.74 Å². The fraction of sp³-hybridized carbons (Fsp3) is 0.391. The van der Waals surface area contributed by atoms with Crippen LogP contribution >= 0.6 is 0 Å². The van der Waals surface area contributed by atoms with E-state index in [0.717, 1.165) is 31.0 Å². The molecule has 2 heterocycles. The average molecular weight is 350 g/mol. The minimum Gasteiger partial charge on any atom is -0.491 e. The van der Waals surface area contributed by atoms with E-state index in [2.05, 4.69) is 56.8 Å². The molecule has 2 saturated heterocycles. The monoisotopic (exact) mass is 350 g/mol. The van der Waals surface area contributed by atoms with Crippen molar-refractivity contribution in [3.05, 3.63) is 71.8 Å². The minimum atomic E-state index is -0.0718. The van der Waals surface area contributed by atoms with E-state index in [1.807, 2.05) is 12.1 Å².